The molecule has 2 N–H and O–H groups in total. The Labute approximate surface area is 104 Å². The standard InChI is InChI=1S/C12H14FN3S/c1-8(2)17-11-7-15-16(12(11)14)10-5-3-4-9(13)6-10/h3-8H,14H2,1-2H3. The van der Waals surface area contributed by atoms with Gasteiger partial charge in [-0.05, 0) is 18.2 Å². The van der Waals surface area contributed by atoms with Crippen molar-refractivity contribution in [3.8, 4) is 5.69 Å². The van der Waals surface area contributed by atoms with E-state index >= 15 is 0 Å². The van der Waals surface area contributed by atoms with Crippen LogP contribution in [0.1, 0.15) is 13.8 Å². The van der Waals surface area contributed by atoms with Crippen molar-refractivity contribution in [1.82, 2.24) is 9.78 Å². The molecule has 0 amide bonds. The highest BCUT2D eigenvalue weighted by Crippen LogP contribution is 2.29. The SMILES string of the molecule is CC(C)Sc1cnn(-c2cccc(F)c2)c1N. The van der Waals surface area contributed by atoms with E-state index in [1.807, 2.05) is 0 Å². The summed E-state index contributed by atoms with van der Waals surface area (Å²) in [6, 6.07) is 6.22. The Morgan fingerprint density at radius 3 is 2.82 bits per heavy atom. The maximum absolute atomic E-state index is 13.1. The van der Waals surface area contributed by atoms with E-state index in [1.54, 1.807) is 34.8 Å². The third-order valence-corrected chi connectivity index (χ3v) is 3.23. The van der Waals surface area contributed by atoms with Crippen molar-refractivity contribution in [2.75, 3.05) is 5.73 Å². The molecule has 0 aliphatic rings. The van der Waals surface area contributed by atoms with Crippen molar-refractivity contribution in [2.45, 2.75) is 24.0 Å². The molecule has 0 aliphatic heterocycles. The summed E-state index contributed by atoms with van der Waals surface area (Å²) in [7, 11) is 0. The topological polar surface area (TPSA) is 43.8 Å². The number of nitrogen functional groups attached to an aromatic ring is 1. The molecule has 1 aromatic carbocycles. The fraction of sp³-hybridized carbons (Fsp3) is 0.250. The molecule has 0 bridgehead atoms. The van der Waals surface area contributed by atoms with Crippen molar-refractivity contribution in [3.63, 3.8) is 0 Å². The van der Waals surface area contributed by atoms with Gasteiger partial charge in [0.25, 0.3) is 0 Å². The van der Waals surface area contributed by atoms with Crippen LogP contribution in [0.2, 0.25) is 0 Å². The second-order valence-corrected chi connectivity index (χ2v) is 5.57. The Morgan fingerprint density at radius 2 is 2.18 bits per heavy atom. The predicted molar refractivity (Wildman–Crippen MR) is 68.9 cm³/mol. The summed E-state index contributed by atoms with van der Waals surface area (Å²) < 4.78 is 14.7. The molecule has 1 aromatic heterocycles. The van der Waals surface area contributed by atoms with Gasteiger partial charge in [0.15, 0.2) is 0 Å². The van der Waals surface area contributed by atoms with Crippen LogP contribution in [0.3, 0.4) is 0 Å². The number of anilines is 1. The van der Waals surface area contributed by atoms with E-state index in [9.17, 15) is 4.39 Å². The highest BCUT2D eigenvalue weighted by Gasteiger charge is 2.11. The molecule has 0 unspecified atom stereocenters. The van der Waals surface area contributed by atoms with Crippen LogP contribution in [-0.4, -0.2) is 15.0 Å². The fourth-order valence-electron chi connectivity index (χ4n) is 1.50. The first-order chi connectivity index (χ1) is 8.08. The van der Waals surface area contributed by atoms with E-state index in [2.05, 4.69) is 18.9 Å². The van der Waals surface area contributed by atoms with Gasteiger partial charge < -0.3 is 5.73 Å². The summed E-state index contributed by atoms with van der Waals surface area (Å²) in [6.45, 7) is 4.17. The van der Waals surface area contributed by atoms with Crippen LogP contribution in [0.15, 0.2) is 35.4 Å². The molecule has 17 heavy (non-hydrogen) atoms. The Hall–Kier alpha value is -1.49. The number of aromatic nitrogens is 2. The number of benzene rings is 1. The average molecular weight is 251 g/mol. The summed E-state index contributed by atoms with van der Waals surface area (Å²) in [5.41, 5.74) is 6.63. The maximum atomic E-state index is 13.1. The third kappa shape index (κ3) is 2.61. The normalized spacial score (nSPS) is 11.1. The first-order valence-electron chi connectivity index (χ1n) is 5.34. The van der Waals surface area contributed by atoms with Gasteiger partial charge in [-0.15, -0.1) is 11.8 Å². The van der Waals surface area contributed by atoms with Gasteiger partial charge in [0.2, 0.25) is 0 Å². The third-order valence-electron chi connectivity index (χ3n) is 2.19. The minimum atomic E-state index is -0.296. The van der Waals surface area contributed by atoms with E-state index in [0.29, 0.717) is 16.8 Å². The summed E-state index contributed by atoms with van der Waals surface area (Å²) >= 11 is 1.64. The Morgan fingerprint density at radius 1 is 1.41 bits per heavy atom. The molecule has 0 spiro atoms. The van der Waals surface area contributed by atoms with Crippen LogP contribution >= 0.6 is 11.8 Å². The molecular formula is C12H14FN3S. The second kappa shape index (κ2) is 4.79. The van der Waals surface area contributed by atoms with Gasteiger partial charge in [-0.3, -0.25) is 0 Å². The Balaban J connectivity index is 2.37. The first-order valence-corrected chi connectivity index (χ1v) is 6.22. The minimum absolute atomic E-state index is 0.296. The zero-order chi connectivity index (χ0) is 12.4. The lowest BCUT2D eigenvalue weighted by molar-refractivity contribution is 0.625. The van der Waals surface area contributed by atoms with E-state index in [-0.39, 0.29) is 5.82 Å². The molecule has 3 nitrogen and oxygen atoms in total. The lowest BCUT2D eigenvalue weighted by atomic mass is 10.3. The maximum Gasteiger partial charge on any atom is 0.140 e. The predicted octanol–water partition coefficient (Wildman–Crippen LogP) is 3.09. The summed E-state index contributed by atoms with van der Waals surface area (Å²) in [5.74, 6) is 0.254. The van der Waals surface area contributed by atoms with E-state index in [1.165, 1.54) is 12.1 Å². The minimum Gasteiger partial charge on any atom is -0.383 e. The molecule has 0 saturated heterocycles. The van der Waals surface area contributed by atoms with Crippen molar-refractivity contribution < 1.29 is 4.39 Å². The monoisotopic (exact) mass is 251 g/mol. The number of nitrogens with two attached hydrogens (primary N) is 1. The molecule has 0 fully saturated rings. The lowest BCUT2D eigenvalue weighted by Gasteiger charge is -2.06. The van der Waals surface area contributed by atoms with E-state index < -0.39 is 0 Å². The van der Waals surface area contributed by atoms with Gasteiger partial charge in [-0.1, -0.05) is 19.9 Å². The number of rotatable bonds is 3. The second-order valence-electron chi connectivity index (χ2n) is 3.95. The van der Waals surface area contributed by atoms with Crippen molar-refractivity contribution in [2.24, 2.45) is 0 Å². The number of hydrogen-bond acceptors (Lipinski definition) is 3. The van der Waals surface area contributed by atoms with E-state index in [4.69, 9.17) is 5.73 Å². The average Bonchev–Trinajstić information content (AvgIpc) is 2.60. The zero-order valence-corrected chi connectivity index (χ0v) is 10.5. The summed E-state index contributed by atoms with van der Waals surface area (Å²) in [6.07, 6.45) is 1.71. The number of hydrogen-bond donors (Lipinski definition) is 1. The quantitative estimate of drug-likeness (QED) is 0.852. The van der Waals surface area contributed by atoms with Gasteiger partial charge >= 0.3 is 0 Å². The molecule has 2 aromatic rings. The molecule has 1 heterocycles. The van der Waals surface area contributed by atoms with Crippen molar-refractivity contribution >= 4 is 17.6 Å². The van der Waals surface area contributed by atoms with Gasteiger partial charge in [0, 0.05) is 5.25 Å². The van der Waals surface area contributed by atoms with Crippen molar-refractivity contribution in [3.05, 3.63) is 36.3 Å². The molecular weight excluding hydrogens is 237 g/mol. The summed E-state index contributed by atoms with van der Waals surface area (Å²) in [4.78, 5) is 0.921. The smallest absolute Gasteiger partial charge is 0.140 e. The summed E-state index contributed by atoms with van der Waals surface area (Å²) in [5, 5.41) is 4.62. The Bertz CT molecular complexity index is 522. The lowest BCUT2D eigenvalue weighted by Crippen LogP contribution is -2.02. The molecule has 5 heteroatoms. The van der Waals surface area contributed by atoms with Crippen molar-refractivity contribution in [1.29, 1.82) is 0 Å². The van der Waals surface area contributed by atoms with Crippen LogP contribution in [0.5, 0.6) is 0 Å². The number of halogens is 1. The van der Waals surface area contributed by atoms with Crippen LogP contribution in [-0.2, 0) is 0 Å². The van der Waals surface area contributed by atoms with Crippen LogP contribution in [0.4, 0.5) is 10.2 Å². The number of thioether (sulfide) groups is 1. The zero-order valence-electron chi connectivity index (χ0n) is 9.72. The highest BCUT2D eigenvalue weighted by atomic mass is 32.2. The first kappa shape index (κ1) is 12.0. The van der Waals surface area contributed by atoms with Gasteiger partial charge in [-0.25, -0.2) is 9.07 Å². The highest BCUT2D eigenvalue weighted by molar-refractivity contribution is 8.00. The van der Waals surface area contributed by atoms with Crippen LogP contribution < -0.4 is 5.73 Å². The van der Waals surface area contributed by atoms with Crippen LogP contribution in [0, 0.1) is 5.82 Å². The van der Waals surface area contributed by atoms with Crippen LogP contribution in [0.25, 0.3) is 5.69 Å². The Kier molecular flexibility index (Phi) is 3.38. The molecule has 0 radical (unpaired) electrons. The largest absolute Gasteiger partial charge is 0.383 e. The van der Waals surface area contributed by atoms with Gasteiger partial charge in [0.1, 0.15) is 11.6 Å². The fourth-order valence-corrected chi connectivity index (χ4v) is 2.32. The van der Waals surface area contributed by atoms with Gasteiger partial charge in [-0.2, -0.15) is 5.10 Å². The number of nitrogens with zero attached hydrogens (tertiary/aromatic N) is 2. The molecule has 0 atom stereocenters. The molecule has 90 valence electrons. The molecule has 0 aliphatic carbocycles. The molecule has 2 rings (SSSR count). The molecule has 0 saturated carbocycles. The van der Waals surface area contributed by atoms with E-state index in [0.717, 1.165) is 4.90 Å². The van der Waals surface area contributed by atoms with Gasteiger partial charge in [0.05, 0.1) is 16.8 Å².